The van der Waals surface area contributed by atoms with Crippen LogP contribution in [0.3, 0.4) is 0 Å². The molecule has 6 nitrogen and oxygen atoms in total. The molecule has 1 heterocycles. The lowest BCUT2D eigenvalue weighted by Gasteiger charge is -2.18. The number of carbonyl (C=O) groups excluding carboxylic acids is 1. The normalized spacial score (nSPS) is 13.0. The van der Waals surface area contributed by atoms with Gasteiger partial charge in [0.15, 0.2) is 5.96 Å². The van der Waals surface area contributed by atoms with Crippen LogP contribution in [0, 0.1) is 0 Å². The van der Waals surface area contributed by atoms with Crippen molar-refractivity contribution in [2.24, 2.45) is 4.99 Å². The number of nitrogens with zero attached hydrogens (tertiary/aromatic N) is 1. The van der Waals surface area contributed by atoms with Crippen molar-refractivity contribution in [1.29, 1.82) is 0 Å². The van der Waals surface area contributed by atoms with Crippen LogP contribution >= 0.6 is 35.6 Å². The van der Waals surface area contributed by atoms with Crippen molar-refractivity contribution in [2.45, 2.75) is 19.3 Å². The second-order valence-electron chi connectivity index (χ2n) is 6.48. The summed E-state index contributed by atoms with van der Waals surface area (Å²) < 4.78 is 5.81. The highest BCUT2D eigenvalue weighted by Crippen LogP contribution is 2.26. The Morgan fingerprint density at radius 2 is 1.97 bits per heavy atom. The van der Waals surface area contributed by atoms with Gasteiger partial charge in [0.25, 0.3) is 0 Å². The highest BCUT2D eigenvalue weighted by Gasteiger charge is 2.14. The maximum Gasteiger partial charge on any atom is 0.224 e. The summed E-state index contributed by atoms with van der Waals surface area (Å²) in [7, 11) is 1.74. The maximum atomic E-state index is 11.4. The molecule has 29 heavy (non-hydrogen) atoms. The third-order valence-electron chi connectivity index (χ3n) is 4.50. The van der Waals surface area contributed by atoms with Crippen molar-refractivity contribution >= 4 is 53.1 Å². The van der Waals surface area contributed by atoms with Crippen molar-refractivity contribution in [1.82, 2.24) is 10.6 Å². The number of hydrogen-bond donors (Lipinski definition) is 3. The number of amides is 1. The number of anilines is 1. The minimum atomic E-state index is 0. The van der Waals surface area contributed by atoms with E-state index in [0.717, 1.165) is 52.9 Å². The van der Waals surface area contributed by atoms with Gasteiger partial charge in [-0.25, -0.2) is 0 Å². The number of hydrogen-bond acceptors (Lipinski definition) is 3. The molecule has 3 N–H and O–H groups in total. The van der Waals surface area contributed by atoms with Gasteiger partial charge >= 0.3 is 0 Å². The topological polar surface area (TPSA) is 74.8 Å². The average Bonchev–Trinajstić information content (AvgIpc) is 2.71. The highest BCUT2D eigenvalue weighted by atomic mass is 127. The van der Waals surface area contributed by atoms with Gasteiger partial charge in [-0.05, 0) is 48.2 Å². The molecule has 2 aromatic carbocycles. The van der Waals surface area contributed by atoms with Crippen molar-refractivity contribution in [3.05, 3.63) is 58.6 Å². The van der Waals surface area contributed by atoms with Crippen LogP contribution in [0.15, 0.2) is 47.5 Å². The number of fused-ring (bicyclic) bond motifs is 1. The third-order valence-corrected chi connectivity index (χ3v) is 4.87. The van der Waals surface area contributed by atoms with Gasteiger partial charge in [0.05, 0.1) is 6.54 Å². The first-order valence-electron chi connectivity index (χ1n) is 9.39. The molecule has 0 aliphatic carbocycles. The number of guanidine groups is 1. The molecule has 2 aromatic rings. The number of ether oxygens (including phenoxy) is 1. The molecular weight excluding hydrogens is 503 g/mol. The van der Waals surface area contributed by atoms with Crippen LogP contribution in [0.1, 0.15) is 17.5 Å². The van der Waals surface area contributed by atoms with Gasteiger partial charge in [0, 0.05) is 30.7 Å². The number of nitrogens with one attached hydrogen (secondary N) is 3. The number of benzene rings is 2. The quantitative estimate of drug-likeness (QED) is 0.222. The van der Waals surface area contributed by atoms with Crippen molar-refractivity contribution in [3.8, 4) is 5.75 Å². The van der Waals surface area contributed by atoms with Gasteiger partial charge in [-0.3, -0.25) is 9.79 Å². The molecule has 0 aromatic heterocycles. The molecule has 8 heteroatoms. The lowest BCUT2D eigenvalue weighted by atomic mass is 10.0. The fourth-order valence-electron chi connectivity index (χ4n) is 3.03. The molecule has 1 aliphatic heterocycles. The molecule has 0 atom stereocenters. The minimum absolute atomic E-state index is 0. The van der Waals surface area contributed by atoms with Crippen LogP contribution in [0.4, 0.5) is 5.69 Å². The van der Waals surface area contributed by atoms with E-state index >= 15 is 0 Å². The zero-order valence-corrected chi connectivity index (χ0v) is 19.4. The van der Waals surface area contributed by atoms with Crippen molar-refractivity contribution < 1.29 is 9.53 Å². The summed E-state index contributed by atoms with van der Waals surface area (Å²) in [5.41, 5.74) is 3.10. The molecule has 1 amide bonds. The van der Waals surface area contributed by atoms with E-state index in [-0.39, 0.29) is 29.9 Å². The van der Waals surface area contributed by atoms with Crippen LogP contribution in [-0.4, -0.2) is 38.6 Å². The predicted octanol–water partition coefficient (Wildman–Crippen LogP) is 3.63. The second-order valence-corrected chi connectivity index (χ2v) is 6.89. The molecule has 0 spiro atoms. The van der Waals surface area contributed by atoms with E-state index in [1.54, 1.807) is 7.05 Å². The summed E-state index contributed by atoms with van der Waals surface area (Å²) in [4.78, 5) is 15.6. The summed E-state index contributed by atoms with van der Waals surface area (Å²) in [6, 6.07) is 13.6. The van der Waals surface area contributed by atoms with E-state index < -0.39 is 0 Å². The Morgan fingerprint density at radius 1 is 1.17 bits per heavy atom. The van der Waals surface area contributed by atoms with Crippen LogP contribution < -0.4 is 20.7 Å². The second kappa shape index (κ2) is 11.9. The predicted molar refractivity (Wildman–Crippen MR) is 129 cm³/mol. The van der Waals surface area contributed by atoms with E-state index in [0.29, 0.717) is 19.6 Å². The van der Waals surface area contributed by atoms with Gasteiger partial charge < -0.3 is 20.7 Å². The lowest BCUT2D eigenvalue weighted by Crippen LogP contribution is -2.40. The van der Waals surface area contributed by atoms with Gasteiger partial charge in [-0.15, -0.1) is 24.0 Å². The average molecular weight is 529 g/mol. The number of rotatable bonds is 7. The largest absolute Gasteiger partial charge is 0.492 e. The third kappa shape index (κ3) is 7.08. The highest BCUT2D eigenvalue weighted by molar-refractivity contribution is 14.0. The molecule has 0 unspecified atom stereocenters. The number of aryl methyl sites for hydroxylation is 1. The number of aliphatic imine (C=N–C) groups is 1. The molecule has 0 bridgehead atoms. The zero-order valence-electron chi connectivity index (χ0n) is 16.3. The maximum absolute atomic E-state index is 11.4. The Hall–Kier alpha value is -2.00. The summed E-state index contributed by atoms with van der Waals surface area (Å²) in [6.07, 6.45) is 2.09. The van der Waals surface area contributed by atoms with E-state index in [4.69, 9.17) is 16.3 Å². The van der Waals surface area contributed by atoms with Crippen LogP contribution in [0.2, 0.25) is 5.02 Å². The van der Waals surface area contributed by atoms with Crippen molar-refractivity contribution in [3.63, 3.8) is 0 Å². The monoisotopic (exact) mass is 528 g/mol. The van der Waals surface area contributed by atoms with E-state index in [1.807, 2.05) is 42.5 Å². The van der Waals surface area contributed by atoms with Gasteiger partial charge in [-0.1, -0.05) is 29.8 Å². The first-order valence-corrected chi connectivity index (χ1v) is 9.77. The molecule has 0 radical (unpaired) electrons. The molecule has 0 saturated heterocycles. The summed E-state index contributed by atoms with van der Waals surface area (Å²) in [5.74, 6) is 1.60. The number of carbonyl (C=O) groups is 1. The molecule has 0 fully saturated rings. The first kappa shape index (κ1) is 23.3. The lowest BCUT2D eigenvalue weighted by molar-refractivity contribution is -0.116. The van der Waals surface area contributed by atoms with E-state index in [1.165, 1.54) is 0 Å². The summed E-state index contributed by atoms with van der Waals surface area (Å²) in [6.45, 7) is 1.87. The summed E-state index contributed by atoms with van der Waals surface area (Å²) in [5, 5.41) is 10.2. The Balaban J connectivity index is 0.00000300. The smallest absolute Gasteiger partial charge is 0.224 e. The van der Waals surface area contributed by atoms with E-state index in [2.05, 4.69) is 20.9 Å². The standard InChI is InChI=1S/C21H25ClN4O2.HI/c1-23-21(24-11-10-15-4-2-3-5-18(15)22)25-12-13-28-17-7-8-19-16(14-17)6-9-20(27)26-19;/h2-5,7-8,14H,6,9-13H2,1H3,(H,26,27)(H2,23,24,25);1H. The van der Waals surface area contributed by atoms with Gasteiger partial charge in [0.2, 0.25) is 5.91 Å². The minimum Gasteiger partial charge on any atom is -0.492 e. The SMILES string of the molecule is CN=C(NCCOc1ccc2c(c1)CCC(=O)N2)NCCc1ccccc1Cl.I. The molecule has 1 aliphatic rings. The first-order chi connectivity index (χ1) is 13.7. The van der Waals surface area contributed by atoms with Gasteiger partial charge in [0.1, 0.15) is 12.4 Å². The van der Waals surface area contributed by atoms with Crippen LogP contribution in [-0.2, 0) is 17.6 Å². The molecule has 156 valence electrons. The Bertz CT molecular complexity index is 860. The Morgan fingerprint density at radius 3 is 2.76 bits per heavy atom. The van der Waals surface area contributed by atoms with Crippen LogP contribution in [0.5, 0.6) is 5.75 Å². The Kier molecular flexibility index (Phi) is 9.53. The zero-order chi connectivity index (χ0) is 19.8. The van der Waals surface area contributed by atoms with Crippen LogP contribution in [0.25, 0.3) is 0 Å². The molecular formula is C21H26ClIN4O2. The summed E-state index contributed by atoms with van der Waals surface area (Å²) >= 11 is 6.17. The molecule has 3 rings (SSSR count). The fourth-order valence-corrected chi connectivity index (χ4v) is 3.26. The van der Waals surface area contributed by atoms with E-state index in [9.17, 15) is 4.79 Å². The Labute approximate surface area is 193 Å². The van der Waals surface area contributed by atoms with Gasteiger partial charge in [-0.2, -0.15) is 0 Å². The fraction of sp³-hybridized carbons (Fsp3) is 0.333. The van der Waals surface area contributed by atoms with Crippen molar-refractivity contribution in [2.75, 3.05) is 32.1 Å². The number of halogens is 2. The molecule has 0 saturated carbocycles.